The number of carbonyl (C=O) groups is 1. The van der Waals surface area contributed by atoms with Crippen LogP contribution in [0.1, 0.15) is 51.2 Å². The Morgan fingerprint density at radius 3 is 2.19 bits per heavy atom. The second kappa shape index (κ2) is 12.1. The van der Waals surface area contributed by atoms with Gasteiger partial charge < -0.3 is 19.1 Å². The highest BCUT2D eigenvalue weighted by atomic mass is 32.2. The monoisotopic (exact) mass is 528 g/mol. The summed E-state index contributed by atoms with van der Waals surface area (Å²) in [6.45, 7) is 8.36. The highest BCUT2D eigenvalue weighted by Gasteiger charge is 2.23. The number of anilines is 1. The van der Waals surface area contributed by atoms with Crippen LogP contribution in [-0.2, 0) is 16.7 Å². The molecular formula is C28H33FN2O5S. The number of amides is 2. The number of hydrogen-bond acceptors (Lipinski definition) is 5. The van der Waals surface area contributed by atoms with E-state index in [9.17, 15) is 17.6 Å². The fourth-order valence-electron chi connectivity index (χ4n) is 3.64. The maximum Gasteiger partial charge on any atom is 0.339 e. The first-order valence-corrected chi connectivity index (χ1v) is 13.5. The van der Waals surface area contributed by atoms with E-state index in [1.165, 1.54) is 18.7 Å². The molecule has 0 unspecified atom stereocenters. The van der Waals surface area contributed by atoms with E-state index in [1.807, 2.05) is 38.1 Å². The summed E-state index contributed by atoms with van der Waals surface area (Å²) in [5.74, 6) is 0.00913. The summed E-state index contributed by atoms with van der Waals surface area (Å²) in [6.07, 6.45) is 0.720. The van der Waals surface area contributed by atoms with E-state index in [0.29, 0.717) is 17.2 Å². The average molecular weight is 529 g/mol. The van der Waals surface area contributed by atoms with E-state index in [-0.39, 0.29) is 35.0 Å². The summed E-state index contributed by atoms with van der Waals surface area (Å²) in [5.41, 5.74) is 2.51. The zero-order valence-corrected chi connectivity index (χ0v) is 22.5. The molecule has 0 fully saturated rings. The lowest BCUT2D eigenvalue weighted by Gasteiger charge is -2.29. The van der Waals surface area contributed by atoms with Gasteiger partial charge in [-0.1, -0.05) is 39.0 Å². The molecule has 9 heteroatoms. The van der Waals surface area contributed by atoms with Crippen molar-refractivity contribution in [2.24, 2.45) is 0 Å². The van der Waals surface area contributed by atoms with Crippen LogP contribution in [0.4, 0.5) is 14.9 Å². The van der Waals surface area contributed by atoms with Crippen molar-refractivity contribution >= 4 is 21.8 Å². The highest BCUT2D eigenvalue weighted by Crippen LogP contribution is 2.32. The number of benzene rings is 3. The van der Waals surface area contributed by atoms with Gasteiger partial charge in [0.2, 0.25) is 0 Å². The van der Waals surface area contributed by atoms with E-state index in [1.54, 1.807) is 17.0 Å². The number of ether oxygens (including phenoxy) is 1. The van der Waals surface area contributed by atoms with Crippen LogP contribution in [-0.4, -0.2) is 32.5 Å². The molecule has 0 aliphatic carbocycles. The van der Waals surface area contributed by atoms with Crippen molar-refractivity contribution in [2.45, 2.75) is 57.5 Å². The lowest BCUT2D eigenvalue weighted by Crippen LogP contribution is -2.40. The molecule has 3 rings (SSSR count). The van der Waals surface area contributed by atoms with Crippen molar-refractivity contribution in [3.63, 3.8) is 0 Å². The number of nitrogens with zero attached hydrogens (tertiary/aromatic N) is 1. The molecule has 3 aromatic rings. The molecule has 2 amide bonds. The zero-order chi connectivity index (χ0) is 27.2. The minimum absolute atomic E-state index is 0.0295. The SMILES string of the molecule is CC[C@H](C)N(Cc1ccc(OC)c(OS(=O)(=O)c2ccc(F)cc2)c1)C(=O)Nc1ccc(C(C)C)cc1. The van der Waals surface area contributed by atoms with Crippen LogP contribution < -0.4 is 14.2 Å². The molecule has 1 atom stereocenters. The number of rotatable bonds is 10. The fraction of sp³-hybridized carbons (Fsp3) is 0.321. The fourth-order valence-corrected chi connectivity index (χ4v) is 4.58. The first-order valence-electron chi connectivity index (χ1n) is 12.1. The van der Waals surface area contributed by atoms with E-state index in [2.05, 4.69) is 19.2 Å². The topological polar surface area (TPSA) is 84.9 Å². The van der Waals surface area contributed by atoms with Gasteiger partial charge in [0.05, 0.1) is 7.11 Å². The van der Waals surface area contributed by atoms with Crippen molar-refractivity contribution in [1.82, 2.24) is 4.90 Å². The summed E-state index contributed by atoms with van der Waals surface area (Å²) >= 11 is 0. The minimum atomic E-state index is -4.24. The standard InChI is InChI=1S/C28H33FN2O5S/c1-6-20(4)31(28(32)30-24-12-8-22(9-13-24)19(2)3)18-21-7-16-26(35-5)27(17-21)36-37(33,34)25-14-10-23(29)11-15-25/h7-17,19-20H,6,18H2,1-5H3,(H,30,32)/t20-/m0/s1. The summed E-state index contributed by atoms with van der Waals surface area (Å²) in [7, 11) is -2.84. The molecule has 0 bridgehead atoms. The lowest BCUT2D eigenvalue weighted by atomic mass is 10.0. The maximum atomic E-state index is 13.2. The third-order valence-electron chi connectivity index (χ3n) is 6.10. The lowest BCUT2D eigenvalue weighted by molar-refractivity contribution is 0.187. The van der Waals surface area contributed by atoms with Gasteiger partial charge in [-0.25, -0.2) is 9.18 Å². The van der Waals surface area contributed by atoms with Crippen molar-refractivity contribution in [1.29, 1.82) is 0 Å². The summed E-state index contributed by atoms with van der Waals surface area (Å²) in [4.78, 5) is 14.7. The number of urea groups is 1. The summed E-state index contributed by atoms with van der Waals surface area (Å²) in [5, 5.41) is 2.95. The van der Waals surface area contributed by atoms with Gasteiger partial charge in [0.25, 0.3) is 0 Å². The molecule has 0 saturated heterocycles. The third-order valence-corrected chi connectivity index (χ3v) is 7.34. The summed E-state index contributed by atoms with van der Waals surface area (Å²) in [6, 6.07) is 16.6. The Hall–Kier alpha value is -3.59. The minimum Gasteiger partial charge on any atom is -0.493 e. The second-order valence-electron chi connectivity index (χ2n) is 9.07. The Bertz CT molecular complexity index is 1310. The molecule has 37 heavy (non-hydrogen) atoms. The maximum absolute atomic E-state index is 13.2. The summed E-state index contributed by atoms with van der Waals surface area (Å²) < 4.78 is 49.4. The van der Waals surface area contributed by atoms with Crippen LogP contribution >= 0.6 is 0 Å². The molecule has 0 aliphatic rings. The molecule has 7 nitrogen and oxygen atoms in total. The van der Waals surface area contributed by atoms with Gasteiger partial charge in [0.1, 0.15) is 10.7 Å². The molecule has 0 saturated carbocycles. The Morgan fingerprint density at radius 1 is 0.973 bits per heavy atom. The van der Waals surface area contributed by atoms with Crippen molar-refractivity contribution in [2.75, 3.05) is 12.4 Å². The largest absolute Gasteiger partial charge is 0.493 e. The van der Waals surface area contributed by atoms with Crippen LogP contribution in [0, 0.1) is 5.82 Å². The van der Waals surface area contributed by atoms with Crippen molar-refractivity contribution in [3.05, 3.63) is 83.7 Å². The van der Waals surface area contributed by atoms with Gasteiger partial charge in [-0.3, -0.25) is 0 Å². The van der Waals surface area contributed by atoms with Crippen LogP contribution in [0.5, 0.6) is 11.5 Å². The van der Waals surface area contributed by atoms with Crippen LogP contribution in [0.3, 0.4) is 0 Å². The van der Waals surface area contributed by atoms with Gasteiger partial charge in [0.15, 0.2) is 11.5 Å². The van der Waals surface area contributed by atoms with Crippen LogP contribution in [0.2, 0.25) is 0 Å². The normalized spacial score (nSPS) is 12.2. The molecule has 198 valence electrons. The van der Waals surface area contributed by atoms with Gasteiger partial charge in [-0.15, -0.1) is 0 Å². The molecule has 0 aliphatic heterocycles. The number of halogens is 1. The smallest absolute Gasteiger partial charge is 0.339 e. The van der Waals surface area contributed by atoms with E-state index < -0.39 is 15.9 Å². The number of carbonyl (C=O) groups excluding carboxylic acids is 1. The Kier molecular flexibility index (Phi) is 9.15. The second-order valence-corrected chi connectivity index (χ2v) is 10.6. The number of hydrogen-bond donors (Lipinski definition) is 1. The molecule has 0 spiro atoms. The Balaban J connectivity index is 1.84. The molecule has 0 radical (unpaired) electrons. The van der Waals surface area contributed by atoms with Gasteiger partial charge >= 0.3 is 16.1 Å². The molecule has 1 N–H and O–H groups in total. The van der Waals surface area contributed by atoms with Crippen molar-refractivity contribution < 1.29 is 26.5 Å². The third kappa shape index (κ3) is 7.22. The molecule has 3 aromatic carbocycles. The predicted molar refractivity (Wildman–Crippen MR) is 142 cm³/mol. The van der Waals surface area contributed by atoms with Gasteiger partial charge in [-0.05, 0) is 78.9 Å². The van der Waals surface area contributed by atoms with E-state index in [4.69, 9.17) is 8.92 Å². The van der Waals surface area contributed by atoms with Crippen LogP contribution in [0.25, 0.3) is 0 Å². The van der Waals surface area contributed by atoms with Crippen LogP contribution in [0.15, 0.2) is 71.6 Å². The van der Waals surface area contributed by atoms with Gasteiger partial charge in [-0.2, -0.15) is 8.42 Å². The van der Waals surface area contributed by atoms with E-state index >= 15 is 0 Å². The van der Waals surface area contributed by atoms with E-state index in [0.717, 1.165) is 30.7 Å². The predicted octanol–water partition coefficient (Wildman–Crippen LogP) is 6.56. The first-order chi connectivity index (χ1) is 17.5. The zero-order valence-electron chi connectivity index (χ0n) is 21.7. The van der Waals surface area contributed by atoms with Gasteiger partial charge in [0, 0.05) is 18.3 Å². The Labute approximate surface area is 218 Å². The Morgan fingerprint density at radius 2 is 1.62 bits per heavy atom. The molecule has 0 heterocycles. The number of methoxy groups -OCH3 is 1. The number of nitrogens with one attached hydrogen (secondary N) is 1. The quantitative estimate of drug-likeness (QED) is 0.301. The molecular weight excluding hydrogens is 495 g/mol. The first kappa shape index (κ1) is 28.0. The highest BCUT2D eigenvalue weighted by molar-refractivity contribution is 7.87. The average Bonchev–Trinajstić information content (AvgIpc) is 2.87. The van der Waals surface area contributed by atoms with Crippen molar-refractivity contribution in [3.8, 4) is 11.5 Å². The molecule has 0 aromatic heterocycles.